The second kappa shape index (κ2) is 10.9. The number of hydrogen-bond acceptors (Lipinski definition) is 7. The van der Waals surface area contributed by atoms with Crippen LogP contribution in [0.2, 0.25) is 0 Å². The normalized spacial score (nSPS) is 17.9. The number of nitrogens with zero attached hydrogens (tertiary/aromatic N) is 5. The van der Waals surface area contributed by atoms with E-state index < -0.39 is 23.8 Å². The lowest BCUT2D eigenvalue weighted by Gasteiger charge is -2.38. The fraction of sp³-hybridized carbons (Fsp3) is 0.462. The van der Waals surface area contributed by atoms with Gasteiger partial charge in [-0.1, -0.05) is 18.2 Å². The van der Waals surface area contributed by atoms with Gasteiger partial charge in [0.05, 0.1) is 35.4 Å². The predicted molar refractivity (Wildman–Crippen MR) is 133 cm³/mol. The highest BCUT2D eigenvalue weighted by Gasteiger charge is 2.29. The first kappa shape index (κ1) is 25.2. The fourth-order valence-electron chi connectivity index (χ4n) is 4.99. The Labute approximate surface area is 212 Å². The van der Waals surface area contributed by atoms with E-state index in [4.69, 9.17) is 4.74 Å². The highest BCUT2D eigenvalue weighted by atomic mass is 19.3. The van der Waals surface area contributed by atoms with E-state index in [0.717, 1.165) is 24.6 Å². The number of anilines is 2. The van der Waals surface area contributed by atoms with E-state index in [2.05, 4.69) is 25.4 Å². The van der Waals surface area contributed by atoms with Crippen molar-refractivity contribution in [2.24, 2.45) is 5.92 Å². The molecule has 2 saturated heterocycles. The number of pyridine rings is 1. The second-order valence-electron chi connectivity index (χ2n) is 9.44. The van der Waals surface area contributed by atoms with Crippen molar-refractivity contribution in [3.05, 3.63) is 53.6 Å². The van der Waals surface area contributed by atoms with Gasteiger partial charge in [-0.25, -0.2) is 18.2 Å². The summed E-state index contributed by atoms with van der Waals surface area (Å²) in [5.41, 5.74) is 1.37. The van der Waals surface area contributed by atoms with Crippen molar-refractivity contribution < 1.29 is 22.7 Å². The molecule has 5 rings (SSSR count). The van der Waals surface area contributed by atoms with Gasteiger partial charge in [0, 0.05) is 56.3 Å². The molecule has 0 radical (unpaired) electrons. The van der Waals surface area contributed by atoms with Crippen LogP contribution in [0, 0.1) is 11.7 Å². The number of fused-ring (bicyclic) bond motifs is 1. The largest absolute Gasteiger partial charge is 0.381 e. The highest BCUT2D eigenvalue weighted by molar-refractivity contribution is 5.90. The summed E-state index contributed by atoms with van der Waals surface area (Å²) in [5.74, 6) is -0.669. The zero-order valence-electron chi connectivity index (χ0n) is 20.5. The van der Waals surface area contributed by atoms with Crippen LogP contribution in [-0.2, 0) is 9.53 Å². The Bertz CT molecular complexity index is 1260. The number of halogens is 3. The van der Waals surface area contributed by atoms with Gasteiger partial charge in [0.2, 0.25) is 5.91 Å². The van der Waals surface area contributed by atoms with Crippen LogP contribution < -0.4 is 10.2 Å². The zero-order valence-corrected chi connectivity index (χ0v) is 20.5. The third-order valence-electron chi connectivity index (χ3n) is 7.14. The third-order valence-corrected chi connectivity index (χ3v) is 7.14. The van der Waals surface area contributed by atoms with Gasteiger partial charge in [-0.05, 0) is 25.8 Å². The van der Waals surface area contributed by atoms with E-state index in [1.807, 2.05) is 11.0 Å². The van der Waals surface area contributed by atoms with Crippen molar-refractivity contribution in [2.75, 3.05) is 49.6 Å². The van der Waals surface area contributed by atoms with Gasteiger partial charge in [0.25, 0.3) is 6.43 Å². The average Bonchev–Trinajstić information content (AvgIpc) is 2.93. The number of hydrogen-bond donors (Lipinski definition) is 1. The molecule has 2 aliphatic heterocycles. The molecule has 0 bridgehead atoms. The van der Waals surface area contributed by atoms with Crippen molar-refractivity contribution in [1.29, 1.82) is 0 Å². The highest BCUT2D eigenvalue weighted by Crippen LogP contribution is 2.31. The summed E-state index contributed by atoms with van der Waals surface area (Å²) in [6.45, 7) is 5.58. The molecule has 0 spiro atoms. The van der Waals surface area contributed by atoms with Crippen molar-refractivity contribution >= 4 is 28.3 Å². The van der Waals surface area contributed by atoms with E-state index >= 15 is 0 Å². The SMILES string of the molecule is C[C@@H](Nc1cnnc2ncc(N3CCN(C(=O)C4CCOCC4)CC3)cc12)c1cccc(C(F)F)c1F. The van der Waals surface area contributed by atoms with Gasteiger partial charge in [0.15, 0.2) is 5.65 Å². The van der Waals surface area contributed by atoms with E-state index in [-0.39, 0.29) is 17.4 Å². The number of ether oxygens (including phenoxy) is 1. The van der Waals surface area contributed by atoms with Crippen LogP contribution in [0.15, 0.2) is 36.7 Å². The smallest absolute Gasteiger partial charge is 0.266 e. The third kappa shape index (κ3) is 5.31. The quantitative estimate of drug-likeness (QED) is 0.524. The van der Waals surface area contributed by atoms with Crippen LogP contribution in [-0.4, -0.2) is 65.4 Å². The molecule has 1 aromatic carbocycles. The Balaban J connectivity index is 1.31. The number of rotatable bonds is 6. The number of carbonyl (C=O) groups excluding carboxylic acids is 1. The molecule has 4 heterocycles. The Morgan fingerprint density at radius 2 is 1.84 bits per heavy atom. The van der Waals surface area contributed by atoms with Gasteiger partial charge in [0.1, 0.15) is 5.82 Å². The standard InChI is InChI=1S/C26H29F3N6O2/c1-16(19-3-2-4-20(23(19)27)24(28)29)32-22-15-31-33-25-21(22)13-18(14-30-25)34-7-9-35(10-8-34)26(36)17-5-11-37-12-6-17/h2-4,13-17,24H,5-12H2,1H3,(H,30,32,33)/t16-/m1/s1. The summed E-state index contributed by atoms with van der Waals surface area (Å²) >= 11 is 0. The van der Waals surface area contributed by atoms with Crippen LogP contribution in [0.25, 0.3) is 11.0 Å². The molecule has 37 heavy (non-hydrogen) atoms. The molecular weight excluding hydrogens is 485 g/mol. The minimum Gasteiger partial charge on any atom is -0.381 e. The lowest BCUT2D eigenvalue weighted by molar-refractivity contribution is -0.138. The molecule has 1 atom stereocenters. The van der Waals surface area contributed by atoms with Crippen molar-refractivity contribution in [1.82, 2.24) is 20.1 Å². The maximum atomic E-state index is 14.7. The monoisotopic (exact) mass is 514 g/mol. The first-order valence-corrected chi connectivity index (χ1v) is 12.5. The van der Waals surface area contributed by atoms with Gasteiger partial charge in [-0.3, -0.25) is 4.79 Å². The summed E-state index contributed by atoms with van der Waals surface area (Å²) in [7, 11) is 0. The lowest BCUT2D eigenvalue weighted by atomic mass is 9.98. The number of nitrogens with one attached hydrogen (secondary N) is 1. The Morgan fingerprint density at radius 3 is 2.57 bits per heavy atom. The molecule has 0 unspecified atom stereocenters. The topological polar surface area (TPSA) is 83.5 Å². The van der Waals surface area contributed by atoms with Crippen molar-refractivity contribution in [2.45, 2.75) is 32.2 Å². The summed E-state index contributed by atoms with van der Waals surface area (Å²) in [6, 6.07) is 5.34. The molecule has 2 aromatic heterocycles. The maximum absolute atomic E-state index is 14.7. The molecule has 1 N–H and O–H groups in total. The Kier molecular flexibility index (Phi) is 7.40. The summed E-state index contributed by atoms with van der Waals surface area (Å²) < 4.78 is 46.4. The predicted octanol–water partition coefficient (Wildman–Crippen LogP) is 4.35. The molecule has 0 saturated carbocycles. The molecule has 2 aliphatic rings. The van der Waals surface area contributed by atoms with Crippen molar-refractivity contribution in [3.8, 4) is 0 Å². The number of alkyl halides is 2. The molecule has 0 aliphatic carbocycles. The van der Waals surface area contributed by atoms with Crippen molar-refractivity contribution in [3.63, 3.8) is 0 Å². The van der Waals surface area contributed by atoms with E-state index in [1.165, 1.54) is 18.3 Å². The number of amides is 1. The summed E-state index contributed by atoms with van der Waals surface area (Å²) in [6.07, 6.45) is 1.91. The second-order valence-corrected chi connectivity index (χ2v) is 9.44. The van der Waals surface area contributed by atoms with Crippen LogP contribution in [0.1, 0.15) is 43.4 Å². The lowest BCUT2D eigenvalue weighted by Crippen LogP contribution is -2.51. The molecule has 8 nitrogen and oxygen atoms in total. The van der Waals surface area contributed by atoms with Gasteiger partial charge >= 0.3 is 0 Å². The summed E-state index contributed by atoms with van der Waals surface area (Å²) in [4.78, 5) is 21.4. The van der Waals surface area contributed by atoms with Gasteiger partial charge in [-0.15, -0.1) is 5.10 Å². The van der Waals surface area contributed by atoms with Gasteiger partial charge in [-0.2, -0.15) is 5.10 Å². The maximum Gasteiger partial charge on any atom is 0.266 e. The minimum atomic E-state index is -2.89. The van der Waals surface area contributed by atoms with Crippen LogP contribution in [0.5, 0.6) is 0 Å². The fourth-order valence-corrected chi connectivity index (χ4v) is 4.99. The minimum absolute atomic E-state index is 0.0445. The van der Waals surface area contributed by atoms with Crippen LogP contribution in [0.4, 0.5) is 24.5 Å². The zero-order chi connectivity index (χ0) is 25.9. The van der Waals surface area contributed by atoms with E-state index in [0.29, 0.717) is 56.1 Å². The molecule has 11 heteroatoms. The van der Waals surface area contributed by atoms with E-state index in [9.17, 15) is 18.0 Å². The average molecular weight is 515 g/mol. The number of aromatic nitrogens is 3. The first-order chi connectivity index (χ1) is 17.9. The Hall–Kier alpha value is -3.47. The molecule has 1 amide bonds. The molecule has 2 fully saturated rings. The first-order valence-electron chi connectivity index (χ1n) is 12.5. The summed E-state index contributed by atoms with van der Waals surface area (Å²) in [5, 5.41) is 12.0. The van der Waals surface area contributed by atoms with Crippen LogP contribution in [0.3, 0.4) is 0 Å². The number of piperazine rings is 1. The van der Waals surface area contributed by atoms with Crippen LogP contribution >= 0.6 is 0 Å². The number of carbonyl (C=O) groups is 1. The molecule has 3 aromatic rings. The molecule has 196 valence electrons. The van der Waals surface area contributed by atoms with E-state index in [1.54, 1.807) is 13.1 Å². The number of benzene rings is 1. The Morgan fingerprint density at radius 1 is 1.11 bits per heavy atom. The molecular formula is C26H29F3N6O2. The van der Waals surface area contributed by atoms with Gasteiger partial charge < -0.3 is 19.9 Å².